The molecule has 126 valence electrons. The molecule has 5 heteroatoms. The Kier molecular flexibility index (Phi) is 4.02. The summed E-state index contributed by atoms with van der Waals surface area (Å²) >= 11 is 3.53. The fraction of sp³-hybridized carbons (Fsp3) is 0.100. The summed E-state index contributed by atoms with van der Waals surface area (Å²) < 4.78 is 32.0. The fourth-order valence-corrected chi connectivity index (χ4v) is 4.62. The van der Waals surface area contributed by atoms with Crippen molar-refractivity contribution in [2.24, 2.45) is 0 Å². The van der Waals surface area contributed by atoms with Crippen molar-refractivity contribution in [1.82, 2.24) is 0 Å². The molecule has 0 saturated carbocycles. The molecule has 1 N–H and O–H groups in total. The molecule has 0 atom stereocenters. The predicted molar refractivity (Wildman–Crippen MR) is 107 cm³/mol. The van der Waals surface area contributed by atoms with Gasteiger partial charge >= 0.3 is 0 Å². The standard InChI is InChI=1S/C20H15BrO3S/c21-11-14-5-6-15(12-25(22,23)24)17-9-10-18-16-4-2-1-3-13(16)7-8-19(18)20(14)17/h1-10H,11-12H2,(H,22,23,24). The van der Waals surface area contributed by atoms with E-state index in [-0.39, 0.29) is 5.75 Å². The lowest BCUT2D eigenvalue weighted by Crippen LogP contribution is -2.03. The monoisotopic (exact) mass is 414 g/mol. The van der Waals surface area contributed by atoms with E-state index in [9.17, 15) is 13.0 Å². The van der Waals surface area contributed by atoms with E-state index in [0.717, 1.165) is 27.1 Å². The molecule has 4 rings (SSSR count). The number of fused-ring (bicyclic) bond motifs is 5. The Balaban J connectivity index is 2.16. The zero-order chi connectivity index (χ0) is 17.6. The molecule has 0 saturated heterocycles. The minimum atomic E-state index is -4.09. The SMILES string of the molecule is O=S(=O)(O)Cc1ccc(CBr)c2c1ccc1c3ccccc3ccc12. The van der Waals surface area contributed by atoms with Crippen LogP contribution in [0.1, 0.15) is 11.1 Å². The van der Waals surface area contributed by atoms with Gasteiger partial charge in [-0.25, -0.2) is 0 Å². The van der Waals surface area contributed by atoms with Crippen molar-refractivity contribution in [3.8, 4) is 0 Å². The first-order valence-electron chi connectivity index (χ1n) is 7.84. The molecule has 0 aliphatic carbocycles. The van der Waals surface area contributed by atoms with Crippen molar-refractivity contribution in [3.05, 3.63) is 71.8 Å². The largest absolute Gasteiger partial charge is 0.285 e. The van der Waals surface area contributed by atoms with Crippen molar-refractivity contribution in [2.45, 2.75) is 11.1 Å². The molecule has 0 heterocycles. The summed E-state index contributed by atoms with van der Waals surface area (Å²) in [7, 11) is -4.09. The Morgan fingerprint density at radius 1 is 0.760 bits per heavy atom. The van der Waals surface area contributed by atoms with Crippen molar-refractivity contribution >= 4 is 58.4 Å². The van der Waals surface area contributed by atoms with E-state index in [2.05, 4.69) is 40.2 Å². The molecule has 0 amide bonds. The molecule has 0 aromatic heterocycles. The van der Waals surface area contributed by atoms with Crippen LogP contribution < -0.4 is 0 Å². The van der Waals surface area contributed by atoms with Gasteiger partial charge in [0.2, 0.25) is 0 Å². The van der Waals surface area contributed by atoms with E-state index in [1.165, 1.54) is 10.8 Å². The minimum absolute atomic E-state index is 0.384. The molecule has 0 aliphatic heterocycles. The summed E-state index contributed by atoms with van der Waals surface area (Å²) in [5.74, 6) is -0.384. The van der Waals surface area contributed by atoms with Crippen molar-refractivity contribution in [3.63, 3.8) is 0 Å². The summed E-state index contributed by atoms with van der Waals surface area (Å²) in [6.45, 7) is 0. The molecule has 0 bridgehead atoms. The normalized spacial score (nSPS) is 12.2. The van der Waals surface area contributed by atoms with Gasteiger partial charge in [-0.3, -0.25) is 4.55 Å². The zero-order valence-corrected chi connectivity index (χ0v) is 15.6. The van der Waals surface area contributed by atoms with E-state index in [1.807, 2.05) is 30.3 Å². The average Bonchev–Trinajstić information content (AvgIpc) is 2.60. The second-order valence-corrected chi connectivity index (χ2v) is 8.13. The lowest BCUT2D eigenvalue weighted by molar-refractivity contribution is 0.482. The quantitative estimate of drug-likeness (QED) is 0.276. The van der Waals surface area contributed by atoms with Crippen LogP contribution in [0.3, 0.4) is 0 Å². The predicted octanol–water partition coefficient (Wildman–Crippen LogP) is 5.43. The Bertz CT molecular complexity index is 1230. The molecule has 3 nitrogen and oxygen atoms in total. The molecule has 25 heavy (non-hydrogen) atoms. The van der Waals surface area contributed by atoms with Crippen molar-refractivity contribution < 1.29 is 13.0 Å². The van der Waals surface area contributed by atoms with Crippen LogP contribution >= 0.6 is 15.9 Å². The number of halogens is 1. The van der Waals surface area contributed by atoms with Gasteiger partial charge in [-0.2, -0.15) is 8.42 Å². The average molecular weight is 415 g/mol. The first-order chi connectivity index (χ1) is 12.0. The Morgan fingerprint density at radius 3 is 2.20 bits per heavy atom. The lowest BCUT2D eigenvalue weighted by Gasteiger charge is -2.13. The van der Waals surface area contributed by atoms with Gasteiger partial charge < -0.3 is 0 Å². The van der Waals surface area contributed by atoms with Gasteiger partial charge in [-0.1, -0.05) is 76.6 Å². The zero-order valence-electron chi connectivity index (χ0n) is 13.2. The van der Waals surface area contributed by atoms with Crippen LogP contribution in [0.25, 0.3) is 32.3 Å². The highest BCUT2D eigenvalue weighted by Crippen LogP contribution is 2.35. The topological polar surface area (TPSA) is 54.4 Å². The maximum atomic E-state index is 11.4. The molecule has 0 aliphatic rings. The molecule has 0 spiro atoms. The lowest BCUT2D eigenvalue weighted by atomic mass is 9.93. The number of benzene rings is 4. The minimum Gasteiger partial charge on any atom is -0.285 e. The second kappa shape index (κ2) is 6.09. The highest BCUT2D eigenvalue weighted by atomic mass is 79.9. The van der Waals surface area contributed by atoms with E-state index < -0.39 is 10.1 Å². The van der Waals surface area contributed by atoms with E-state index in [0.29, 0.717) is 10.9 Å². The Hall–Kier alpha value is -1.95. The molecule has 0 radical (unpaired) electrons. The number of rotatable bonds is 3. The molecule has 4 aromatic rings. The van der Waals surface area contributed by atoms with Crippen molar-refractivity contribution in [2.75, 3.05) is 0 Å². The fourth-order valence-electron chi connectivity index (χ4n) is 3.51. The van der Waals surface area contributed by atoms with Gasteiger partial charge in [0.15, 0.2) is 0 Å². The third-order valence-electron chi connectivity index (χ3n) is 4.56. The molecule has 0 fully saturated rings. The highest BCUT2D eigenvalue weighted by Gasteiger charge is 2.14. The van der Waals surface area contributed by atoms with Gasteiger partial charge in [0.25, 0.3) is 10.1 Å². The van der Waals surface area contributed by atoms with E-state index >= 15 is 0 Å². The third-order valence-corrected chi connectivity index (χ3v) is 5.84. The van der Waals surface area contributed by atoms with Crippen LogP contribution in [0, 0.1) is 0 Å². The van der Waals surface area contributed by atoms with Crippen molar-refractivity contribution in [1.29, 1.82) is 0 Å². The summed E-state index contributed by atoms with van der Waals surface area (Å²) in [6, 6.07) is 20.1. The second-order valence-electron chi connectivity index (χ2n) is 6.11. The third kappa shape index (κ3) is 2.92. The summed E-state index contributed by atoms with van der Waals surface area (Å²) in [5.41, 5.74) is 1.70. The number of hydrogen-bond donors (Lipinski definition) is 1. The smallest absolute Gasteiger partial charge is 0.269 e. The summed E-state index contributed by atoms with van der Waals surface area (Å²) in [4.78, 5) is 0. The van der Waals surface area contributed by atoms with Crippen LogP contribution in [0.2, 0.25) is 0 Å². The van der Waals surface area contributed by atoms with Gasteiger partial charge in [0.1, 0.15) is 5.75 Å². The maximum Gasteiger partial charge on any atom is 0.269 e. The number of hydrogen-bond acceptors (Lipinski definition) is 2. The van der Waals surface area contributed by atoms with Crippen LogP contribution in [-0.4, -0.2) is 13.0 Å². The van der Waals surface area contributed by atoms with Gasteiger partial charge in [-0.05, 0) is 43.4 Å². The molecule has 4 aromatic carbocycles. The Morgan fingerprint density at radius 2 is 1.44 bits per heavy atom. The molecular formula is C20H15BrO3S. The van der Waals surface area contributed by atoms with E-state index in [1.54, 1.807) is 6.07 Å². The van der Waals surface area contributed by atoms with Gasteiger partial charge in [0, 0.05) is 5.33 Å². The first-order valence-corrected chi connectivity index (χ1v) is 10.6. The van der Waals surface area contributed by atoms with Gasteiger partial charge in [-0.15, -0.1) is 0 Å². The Labute approximate surface area is 154 Å². The van der Waals surface area contributed by atoms with Crippen LogP contribution in [0.4, 0.5) is 0 Å². The van der Waals surface area contributed by atoms with Gasteiger partial charge in [0.05, 0.1) is 0 Å². The van der Waals surface area contributed by atoms with Crippen LogP contribution in [0.5, 0.6) is 0 Å². The molecular weight excluding hydrogens is 400 g/mol. The number of alkyl halides is 1. The maximum absolute atomic E-state index is 11.4. The molecule has 0 unspecified atom stereocenters. The van der Waals surface area contributed by atoms with Crippen LogP contribution in [-0.2, 0) is 21.2 Å². The first kappa shape index (κ1) is 16.5. The van der Waals surface area contributed by atoms with E-state index in [4.69, 9.17) is 0 Å². The summed E-state index contributed by atoms with van der Waals surface area (Å²) in [6.07, 6.45) is 0. The highest BCUT2D eigenvalue weighted by molar-refractivity contribution is 9.08. The van der Waals surface area contributed by atoms with Crippen LogP contribution in [0.15, 0.2) is 60.7 Å². The summed E-state index contributed by atoms with van der Waals surface area (Å²) in [5, 5.41) is 7.12.